The van der Waals surface area contributed by atoms with E-state index in [1.165, 1.54) is 0 Å². The van der Waals surface area contributed by atoms with Gasteiger partial charge in [-0.15, -0.1) is 0 Å². The van der Waals surface area contributed by atoms with Crippen molar-refractivity contribution in [1.29, 1.82) is 0 Å². The van der Waals surface area contributed by atoms with Crippen LogP contribution in [-0.4, -0.2) is 47.0 Å². The SMILES string of the molecule is CNC(=O)N1C(C(C)(C)C)N(C)C(=O)C1(C)c1ccncc1. The first kappa shape index (κ1) is 16.3. The predicted molar refractivity (Wildman–Crippen MR) is 83.9 cm³/mol. The lowest BCUT2D eigenvalue weighted by Crippen LogP contribution is -2.56. The van der Waals surface area contributed by atoms with E-state index in [0.29, 0.717) is 0 Å². The summed E-state index contributed by atoms with van der Waals surface area (Å²) in [5, 5.41) is 2.67. The van der Waals surface area contributed by atoms with Crippen LogP contribution in [0.15, 0.2) is 24.5 Å². The van der Waals surface area contributed by atoms with Crippen molar-refractivity contribution in [2.24, 2.45) is 5.41 Å². The average molecular weight is 304 g/mol. The van der Waals surface area contributed by atoms with E-state index >= 15 is 0 Å². The molecule has 0 radical (unpaired) electrons. The van der Waals surface area contributed by atoms with Crippen LogP contribution in [0.1, 0.15) is 33.3 Å². The highest BCUT2D eigenvalue weighted by molar-refractivity contribution is 5.95. The highest BCUT2D eigenvalue weighted by Gasteiger charge is 2.59. The third-order valence-electron chi connectivity index (χ3n) is 4.28. The van der Waals surface area contributed by atoms with E-state index in [0.717, 1.165) is 5.56 Å². The minimum absolute atomic E-state index is 0.0952. The summed E-state index contributed by atoms with van der Waals surface area (Å²) in [6.45, 7) is 7.86. The Bertz CT molecular complexity index is 582. The fourth-order valence-electron chi connectivity index (χ4n) is 3.32. The maximum Gasteiger partial charge on any atom is 0.319 e. The van der Waals surface area contributed by atoms with Crippen LogP contribution in [0.25, 0.3) is 0 Å². The van der Waals surface area contributed by atoms with Gasteiger partial charge in [-0.2, -0.15) is 0 Å². The summed E-state index contributed by atoms with van der Waals surface area (Å²) in [5.74, 6) is -0.0952. The number of rotatable bonds is 1. The second-order valence-corrected chi connectivity index (χ2v) is 6.89. The molecule has 6 nitrogen and oxygen atoms in total. The molecule has 1 aromatic heterocycles. The number of amides is 3. The van der Waals surface area contributed by atoms with Crippen molar-refractivity contribution in [3.8, 4) is 0 Å². The summed E-state index contributed by atoms with van der Waals surface area (Å²) in [5.41, 5.74) is -0.563. The Morgan fingerprint density at radius 3 is 2.32 bits per heavy atom. The minimum Gasteiger partial charge on any atom is -0.341 e. The topological polar surface area (TPSA) is 65.5 Å². The van der Waals surface area contributed by atoms with Gasteiger partial charge in [0.15, 0.2) is 0 Å². The monoisotopic (exact) mass is 304 g/mol. The van der Waals surface area contributed by atoms with Crippen LogP contribution in [0.2, 0.25) is 0 Å². The zero-order valence-electron chi connectivity index (χ0n) is 14.0. The van der Waals surface area contributed by atoms with Gasteiger partial charge in [-0.25, -0.2) is 4.79 Å². The second kappa shape index (κ2) is 5.26. The molecule has 2 rings (SSSR count). The van der Waals surface area contributed by atoms with Gasteiger partial charge in [0.05, 0.1) is 0 Å². The van der Waals surface area contributed by atoms with Crippen LogP contribution in [0.3, 0.4) is 0 Å². The van der Waals surface area contributed by atoms with Crippen molar-refractivity contribution < 1.29 is 9.59 Å². The van der Waals surface area contributed by atoms with Gasteiger partial charge in [-0.3, -0.25) is 14.7 Å². The number of hydrogen-bond acceptors (Lipinski definition) is 3. The number of carbonyl (C=O) groups is 2. The number of carbonyl (C=O) groups excluding carboxylic acids is 2. The Hall–Kier alpha value is -2.11. The molecular weight excluding hydrogens is 280 g/mol. The van der Waals surface area contributed by atoms with E-state index in [4.69, 9.17) is 0 Å². The van der Waals surface area contributed by atoms with E-state index in [1.807, 2.05) is 20.8 Å². The van der Waals surface area contributed by atoms with Crippen LogP contribution in [0.4, 0.5) is 4.79 Å². The molecule has 2 heterocycles. The van der Waals surface area contributed by atoms with Gasteiger partial charge in [-0.05, 0) is 24.6 Å². The normalized spacial score (nSPS) is 25.5. The Labute approximate surface area is 131 Å². The average Bonchev–Trinajstić information content (AvgIpc) is 2.69. The molecule has 1 N–H and O–H groups in total. The fourth-order valence-corrected chi connectivity index (χ4v) is 3.32. The molecule has 0 aromatic carbocycles. The number of likely N-dealkylation sites (N-methyl/N-ethyl adjacent to an activating group) is 1. The summed E-state index contributed by atoms with van der Waals surface area (Å²) in [4.78, 5) is 32.9. The third kappa shape index (κ3) is 2.23. The van der Waals surface area contributed by atoms with E-state index in [9.17, 15) is 9.59 Å². The number of hydrogen-bond donors (Lipinski definition) is 1. The summed E-state index contributed by atoms with van der Waals surface area (Å²) < 4.78 is 0. The van der Waals surface area contributed by atoms with Crippen molar-refractivity contribution in [3.63, 3.8) is 0 Å². The van der Waals surface area contributed by atoms with Crippen molar-refractivity contribution in [2.75, 3.05) is 14.1 Å². The lowest BCUT2D eigenvalue weighted by molar-refractivity contribution is -0.133. The molecule has 1 saturated heterocycles. The van der Waals surface area contributed by atoms with Crippen molar-refractivity contribution in [1.82, 2.24) is 20.1 Å². The Morgan fingerprint density at radius 2 is 1.86 bits per heavy atom. The molecule has 6 heteroatoms. The van der Waals surface area contributed by atoms with E-state index in [2.05, 4.69) is 10.3 Å². The van der Waals surface area contributed by atoms with E-state index in [-0.39, 0.29) is 23.5 Å². The molecule has 0 aliphatic carbocycles. The largest absolute Gasteiger partial charge is 0.341 e. The highest BCUT2D eigenvalue weighted by atomic mass is 16.2. The molecule has 1 aliphatic heterocycles. The molecule has 2 atom stereocenters. The number of aromatic nitrogens is 1. The maximum absolute atomic E-state index is 13.0. The molecule has 0 saturated carbocycles. The molecule has 22 heavy (non-hydrogen) atoms. The molecule has 0 bridgehead atoms. The van der Waals surface area contributed by atoms with Crippen LogP contribution in [-0.2, 0) is 10.3 Å². The fraction of sp³-hybridized carbons (Fsp3) is 0.562. The Balaban J connectivity index is 2.66. The number of nitrogens with zero attached hydrogens (tertiary/aromatic N) is 3. The summed E-state index contributed by atoms with van der Waals surface area (Å²) in [6.07, 6.45) is 2.94. The zero-order chi connectivity index (χ0) is 16.7. The quantitative estimate of drug-likeness (QED) is 0.860. The summed E-state index contributed by atoms with van der Waals surface area (Å²) in [6, 6.07) is 3.30. The molecule has 1 fully saturated rings. The van der Waals surface area contributed by atoms with E-state index in [1.54, 1.807) is 55.3 Å². The van der Waals surface area contributed by atoms with Gasteiger partial charge >= 0.3 is 6.03 Å². The number of nitrogens with one attached hydrogen (secondary N) is 1. The summed E-state index contributed by atoms with van der Waals surface area (Å²) in [7, 11) is 3.33. The molecule has 0 spiro atoms. The van der Waals surface area contributed by atoms with Crippen molar-refractivity contribution in [3.05, 3.63) is 30.1 Å². The molecule has 1 aliphatic rings. The first-order chi connectivity index (χ1) is 10.2. The van der Waals surface area contributed by atoms with Crippen molar-refractivity contribution in [2.45, 2.75) is 39.4 Å². The number of urea groups is 1. The van der Waals surface area contributed by atoms with Gasteiger partial charge in [0.2, 0.25) is 0 Å². The zero-order valence-corrected chi connectivity index (χ0v) is 14.0. The Morgan fingerprint density at radius 1 is 1.32 bits per heavy atom. The third-order valence-corrected chi connectivity index (χ3v) is 4.28. The summed E-state index contributed by atoms with van der Waals surface area (Å²) >= 11 is 0. The van der Waals surface area contributed by atoms with Crippen LogP contribution < -0.4 is 5.32 Å². The minimum atomic E-state index is -1.05. The lowest BCUT2D eigenvalue weighted by atomic mass is 9.88. The van der Waals surface area contributed by atoms with Gasteiger partial charge in [0, 0.05) is 31.9 Å². The van der Waals surface area contributed by atoms with Gasteiger partial charge < -0.3 is 10.2 Å². The molecule has 3 amide bonds. The van der Waals surface area contributed by atoms with Crippen molar-refractivity contribution >= 4 is 11.9 Å². The number of pyridine rings is 1. The molecule has 2 unspecified atom stereocenters. The van der Waals surface area contributed by atoms with Gasteiger partial charge in [0.1, 0.15) is 11.7 Å². The Kier molecular flexibility index (Phi) is 3.89. The van der Waals surface area contributed by atoms with E-state index < -0.39 is 5.54 Å². The van der Waals surface area contributed by atoms with Crippen LogP contribution >= 0.6 is 0 Å². The lowest BCUT2D eigenvalue weighted by Gasteiger charge is -2.41. The van der Waals surface area contributed by atoms with Crippen LogP contribution in [0.5, 0.6) is 0 Å². The molecule has 1 aromatic rings. The highest BCUT2D eigenvalue weighted by Crippen LogP contribution is 2.44. The first-order valence-corrected chi connectivity index (χ1v) is 7.34. The first-order valence-electron chi connectivity index (χ1n) is 7.34. The van der Waals surface area contributed by atoms with Crippen LogP contribution in [0, 0.1) is 5.41 Å². The van der Waals surface area contributed by atoms with Gasteiger partial charge in [0.25, 0.3) is 5.91 Å². The maximum atomic E-state index is 13.0. The smallest absolute Gasteiger partial charge is 0.319 e. The second-order valence-electron chi connectivity index (χ2n) is 6.89. The standard InChI is InChI=1S/C16H24N4O2/c1-15(2,3)12-19(6)13(21)16(4,20(12)14(22)17-5)11-7-9-18-10-8-11/h7-10,12H,1-6H3,(H,17,22). The van der Waals surface area contributed by atoms with Gasteiger partial charge in [-0.1, -0.05) is 20.8 Å². The predicted octanol–water partition coefficient (Wildman–Crippen LogP) is 1.78. The molecule has 120 valence electrons. The molecular formula is C16H24N4O2.